The molecule has 0 radical (unpaired) electrons. The minimum absolute atomic E-state index is 0.403. The number of ether oxygens (including phenoxy) is 1. The zero-order valence-electron chi connectivity index (χ0n) is 8.76. The Morgan fingerprint density at radius 2 is 2.14 bits per heavy atom. The molecule has 0 unspecified atom stereocenters. The summed E-state index contributed by atoms with van der Waals surface area (Å²) in [6.45, 7) is 3.92. The summed E-state index contributed by atoms with van der Waals surface area (Å²) >= 11 is 0. The van der Waals surface area contributed by atoms with Crippen molar-refractivity contribution in [1.82, 2.24) is 0 Å². The molecule has 1 aromatic carbocycles. The van der Waals surface area contributed by atoms with Gasteiger partial charge in [-0.05, 0) is 25.0 Å². The highest BCUT2D eigenvalue weighted by molar-refractivity contribution is 5.95. The van der Waals surface area contributed by atoms with E-state index in [1.165, 1.54) is 0 Å². The third kappa shape index (κ3) is 1.71. The monoisotopic (exact) mass is 193 g/mol. The van der Waals surface area contributed by atoms with Crippen LogP contribution in [0.25, 0.3) is 0 Å². The quantitative estimate of drug-likeness (QED) is 0.793. The number of nitrogens with two attached hydrogens (primary N) is 1. The number of hydrogen-bond acceptors (Lipinski definition) is 2. The molecular weight excluding hydrogens is 178 g/mol. The van der Waals surface area contributed by atoms with Crippen LogP contribution in [0, 0.1) is 6.92 Å². The highest BCUT2D eigenvalue weighted by Crippen LogP contribution is 2.26. The van der Waals surface area contributed by atoms with Gasteiger partial charge in [-0.25, -0.2) is 0 Å². The first-order valence-corrected chi connectivity index (χ1v) is 4.58. The molecule has 0 bridgehead atoms. The molecule has 0 atom stereocenters. The molecule has 0 fully saturated rings. The summed E-state index contributed by atoms with van der Waals surface area (Å²) in [5, 5.41) is 0. The fourth-order valence-electron chi connectivity index (χ4n) is 1.61. The topological polar surface area (TPSA) is 52.3 Å². The predicted octanol–water partition coefficient (Wildman–Crippen LogP) is 1.66. The largest absolute Gasteiger partial charge is 0.496 e. The van der Waals surface area contributed by atoms with Gasteiger partial charge in [-0.2, -0.15) is 0 Å². The van der Waals surface area contributed by atoms with E-state index in [0.717, 1.165) is 23.3 Å². The average molecular weight is 193 g/mol. The second kappa shape index (κ2) is 4.13. The van der Waals surface area contributed by atoms with E-state index in [1.807, 2.05) is 19.9 Å². The van der Waals surface area contributed by atoms with Gasteiger partial charge in [0.1, 0.15) is 5.75 Å². The van der Waals surface area contributed by atoms with Crippen LogP contribution in [0.15, 0.2) is 12.1 Å². The van der Waals surface area contributed by atoms with Crippen LogP contribution in [0.2, 0.25) is 0 Å². The van der Waals surface area contributed by atoms with E-state index in [0.29, 0.717) is 5.56 Å². The van der Waals surface area contributed by atoms with Gasteiger partial charge in [0, 0.05) is 11.1 Å². The first-order valence-electron chi connectivity index (χ1n) is 4.58. The number of carbonyl (C=O) groups is 1. The molecule has 3 heteroatoms. The van der Waals surface area contributed by atoms with Crippen molar-refractivity contribution in [2.24, 2.45) is 5.73 Å². The van der Waals surface area contributed by atoms with E-state index in [4.69, 9.17) is 10.5 Å². The molecule has 1 rings (SSSR count). The number of rotatable bonds is 3. The number of amides is 1. The number of benzene rings is 1. The van der Waals surface area contributed by atoms with Gasteiger partial charge in [0.2, 0.25) is 5.91 Å². The van der Waals surface area contributed by atoms with Gasteiger partial charge in [0.25, 0.3) is 0 Å². The second-order valence-electron chi connectivity index (χ2n) is 3.16. The highest BCUT2D eigenvalue weighted by atomic mass is 16.5. The van der Waals surface area contributed by atoms with Gasteiger partial charge in [-0.15, -0.1) is 0 Å². The molecule has 0 aromatic heterocycles. The van der Waals surface area contributed by atoms with Crippen LogP contribution >= 0.6 is 0 Å². The van der Waals surface area contributed by atoms with Crippen LogP contribution in [-0.2, 0) is 6.42 Å². The maximum atomic E-state index is 11.1. The van der Waals surface area contributed by atoms with Crippen LogP contribution in [0.4, 0.5) is 0 Å². The first kappa shape index (κ1) is 10.6. The number of primary amides is 1. The Labute approximate surface area is 83.9 Å². The molecule has 0 spiro atoms. The predicted molar refractivity (Wildman–Crippen MR) is 55.6 cm³/mol. The van der Waals surface area contributed by atoms with Crippen LogP contribution in [0.1, 0.15) is 28.4 Å². The van der Waals surface area contributed by atoms with Crippen molar-refractivity contribution in [1.29, 1.82) is 0 Å². The molecule has 2 N–H and O–H groups in total. The Kier molecular flexibility index (Phi) is 3.12. The average Bonchev–Trinajstić information content (AvgIpc) is 2.16. The smallest absolute Gasteiger partial charge is 0.249 e. The number of aryl methyl sites for hydroxylation is 1. The molecule has 1 aromatic rings. The van der Waals surface area contributed by atoms with Crippen molar-refractivity contribution in [2.75, 3.05) is 7.11 Å². The van der Waals surface area contributed by atoms with E-state index < -0.39 is 5.91 Å². The van der Waals surface area contributed by atoms with Crippen molar-refractivity contribution < 1.29 is 9.53 Å². The third-order valence-corrected chi connectivity index (χ3v) is 2.28. The molecule has 1 amide bonds. The molecule has 3 nitrogen and oxygen atoms in total. The second-order valence-corrected chi connectivity index (χ2v) is 3.16. The Balaban J connectivity index is 3.40. The van der Waals surface area contributed by atoms with Crippen LogP contribution < -0.4 is 10.5 Å². The lowest BCUT2D eigenvalue weighted by Gasteiger charge is -2.12. The van der Waals surface area contributed by atoms with E-state index in [2.05, 4.69) is 0 Å². The van der Waals surface area contributed by atoms with Gasteiger partial charge in [-0.1, -0.05) is 13.0 Å². The van der Waals surface area contributed by atoms with E-state index in [-0.39, 0.29) is 0 Å². The Hall–Kier alpha value is -1.51. The van der Waals surface area contributed by atoms with Gasteiger partial charge < -0.3 is 10.5 Å². The molecule has 0 heterocycles. The molecule has 0 aliphatic heterocycles. The molecule has 0 saturated heterocycles. The minimum Gasteiger partial charge on any atom is -0.496 e. The van der Waals surface area contributed by atoms with Gasteiger partial charge >= 0.3 is 0 Å². The maximum Gasteiger partial charge on any atom is 0.249 e. The molecule has 0 saturated carbocycles. The SMILES string of the molecule is CCc1c(C(N)=O)ccc(C)c1OC. The summed E-state index contributed by atoms with van der Waals surface area (Å²) in [5.41, 5.74) is 7.73. The molecule has 0 aliphatic carbocycles. The molecule has 0 aliphatic rings. The summed E-state index contributed by atoms with van der Waals surface area (Å²) in [6.07, 6.45) is 0.739. The lowest BCUT2D eigenvalue weighted by molar-refractivity contribution is 0.0999. The van der Waals surface area contributed by atoms with Crippen LogP contribution in [0.5, 0.6) is 5.75 Å². The third-order valence-electron chi connectivity index (χ3n) is 2.28. The fourth-order valence-corrected chi connectivity index (χ4v) is 1.61. The lowest BCUT2D eigenvalue weighted by atomic mass is 10.0. The Bertz CT molecular complexity index is 359. The number of methoxy groups -OCH3 is 1. The van der Waals surface area contributed by atoms with Gasteiger partial charge in [-0.3, -0.25) is 4.79 Å². The summed E-state index contributed by atoms with van der Waals surface area (Å²) in [7, 11) is 1.60. The zero-order valence-corrected chi connectivity index (χ0v) is 8.76. The van der Waals surface area contributed by atoms with Crippen molar-refractivity contribution in [3.05, 3.63) is 28.8 Å². The maximum absolute atomic E-state index is 11.1. The number of hydrogen-bond donors (Lipinski definition) is 1. The Morgan fingerprint density at radius 3 is 2.57 bits per heavy atom. The van der Waals surface area contributed by atoms with Crippen molar-refractivity contribution in [2.45, 2.75) is 20.3 Å². The van der Waals surface area contributed by atoms with E-state index in [9.17, 15) is 4.79 Å². The summed E-state index contributed by atoms with van der Waals surface area (Å²) < 4.78 is 5.25. The van der Waals surface area contributed by atoms with E-state index in [1.54, 1.807) is 13.2 Å². The molecule has 14 heavy (non-hydrogen) atoms. The van der Waals surface area contributed by atoms with Crippen LogP contribution in [-0.4, -0.2) is 13.0 Å². The highest BCUT2D eigenvalue weighted by Gasteiger charge is 2.13. The summed E-state index contributed by atoms with van der Waals surface area (Å²) in [6, 6.07) is 3.59. The molecular formula is C11H15NO2. The number of carbonyl (C=O) groups excluding carboxylic acids is 1. The van der Waals surface area contributed by atoms with Crippen molar-refractivity contribution in [3.8, 4) is 5.75 Å². The Morgan fingerprint density at radius 1 is 1.50 bits per heavy atom. The van der Waals surface area contributed by atoms with Crippen molar-refractivity contribution >= 4 is 5.91 Å². The lowest BCUT2D eigenvalue weighted by Crippen LogP contribution is -2.14. The van der Waals surface area contributed by atoms with Gasteiger partial charge in [0.05, 0.1) is 7.11 Å². The summed E-state index contributed by atoms with van der Waals surface area (Å²) in [4.78, 5) is 11.1. The van der Waals surface area contributed by atoms with Crippen molar-refractivity contribution in [3.63, 3.8) is 0 Å². The molecule has 76 valence electrons. The minimum atomic E-state index is -0.403. The van der Waals surface area contributed by atoms with Crippen LogP contribution in [0.3, 0.4) is 0 Å². The van der Waals surface area contributed by atoms with E-state index >= 15 is 0 Å². The normalized spacial score (nSPS) is 9.93. The first-order chi connectivity index (χ1) is 6.61. The fraction of sp³-hybridized carbons (Fsp3) is 0.364. The summed E-state index contributed by atoms with van der Waals surface area (Å²) in [5.74, 6) is 0.365. The standard InChI is InChI=1S/C11H15NO2/c1-4-8-9(11(12)13)6-5-7(2)10(8)14-3/h5-6H,4H2,1-3H3,(H2,12,13). The zero-order chi connectivity index (χ0) is 10.7. The van der Waals surface area contributed by atoms with Gasteiger partial charge in [0.15, 0.2) is 0 Å².